The number of nitrogens with zero attached hydrogens (tertiary/aromatic N) is 1. The number of Topliss-reactive ketones (excluding diaryl/α,β-unsaturated/α-hetero) is 1. The molecule has 1 rings (SSSR count). The van der Waals surface area contributed by atoms with Crippen LogP contribution in [-0.4, -0.2) is 54.6 Å². The van der Waals surface area contributed by atoms with Crippen molar-refractivity contribution in [3.05, 3.63) is 12.2 Å². The van der Waals surface area contributed by atoms with Crippen LogP contribution in [-0.2, 0) is 19.2 Å². The van der Waals surface area contributed by atoms with Crippen LogP contribution >= 0.6 is 0 Å². The molecule has 0 spiro atoms. The van der Waals surface area contributed by atoms with E-state index in [9.17, 15) is 19.2 Å². The molecule has 7 nitrogen and oxygen atoms in total. The Kier molecular flexibility index (Phi) is 7.45. The second kappa shape index (κ2) is 9.09. The number of amides is 3. The van der Waals surface area contributed by atoms with E-state index in [1.165, 1.54) is 12.2 Å². The number of carbonyl (C=O) groups excluding carboxylic acids is 4. The number of hydrogen-bond donors (Lipinski definition) is 2. The monoisotopic (exact) mass is 309 g/mol. The Hall–Kier alpha value is -2.02. The SMILES string of the molecule is CNC(CCCCNC(=O)CCN1C(=O)C=CC1=O)C(C)=O. The Labute approximate surface area is 130 Å². The van der Waals surface area contributed by atoms with Crippen LogP contribution in [0.1, 0.15) is 32.6 Å². The van der Waals surface area contributed by atoms with Crippen molar-refractivity contribution in [2.24, 2.45) is 0 Å². The maximum absolute atomic E-state index is 11.6. The van der Waals surface area contributed by atoms with E-state index in [0.717, 1.165) is 24.2 Å². The summed E-state index contributed by atoms with van der Waals surface area (Å²) < 4.78 is 0. The number of likely N-dealkylation sites (N-methyl/N-ethyl adjacent to an activating group) is 1. The maximum atomic E-state index is 11.6. The van der Waals surface area contributed by atoms with Gasteiger partial charge in [0.25, 0.3) is 11.8 Å². The summed E-state index contributed by atoms with van der Waals surface area (Å²) in [6.45, 7) is 2.18. The summed E-state index contributed by atoms with van der Waals surface area (Å²) in [4.78, 5) is 46.5. The van der Waals surface area contributed by atoms with Gasteiger partial charge in [-0.1, -0.05) is 0 Å². The van der Waals surface area contributed by atoms with Crippen molar-refractivity contribution in [2.45, 2.75) is 38.6 Å². The van der Waals surface area contributed by atoms with Crippen LogP contribution in [0.15, 0.2) is 12.2 Å². The fraction of sp³-hybridized carbons (Fsp3) is 0.600. The molecule has 3 amide bonds. The van der Waals surface area contributed by atoms with Crippen molar-refractivity contribution in [1.82, 2.24) is 15.5 Å². The van der Waals surface area contributed by atoms with Crippen molar-refractivity contribution >= 4 is 23.5 Å². The third kappa shape index (κ3) is 5.77. The normalized spacial score (nSPS) is 15.3. The smallest absolute Gasteiger partial charge is 0.253 e. The Morgan fingerprint density at radius 2 is 1.82 bits per heavy atom. The summed E-state index contributed by atoms with van der Waals surface area (Å²) in [7, 11) is 1.75. The molecule has 7 heteroatoms. The number of imide groups is 1. The van der Waals surface area contributed by atoms with Crippen LogP contribution < -0.4 is 10.6 Å². The van der Waals surface area contributed by atoms with E-state index in [4.69, 9.17) is 0 Å². The van der Waals surface area contributed by atoms with Gasteiger partial charge in [-0.25, -0.2) is 0 Å². The molecule has 0 saturated carbocycles. The van der Waals surface area contributed by atoms with E-state index in [1.54, 1.807) is 14.0 Å². The molecule has 0 aromatic heterocycles. The quantitative estimate of drug-likeness (QED) is 0.429. The molecule has 0 saturated heterocycles. The van der Waals surface area contributed by atoms with Gasteiger partial charge in [0, 0.05) is 31.7 Å². The predicted octanol–water partition coefficient (Wildman–Crippen LogP) is -0.235. The fourth-order valence-electron chi connectivity index (χ4n) is 2.21. The minimum absolute atomic E-state index is 0.0999. The number of rotatable bonds is 10. The number of unbranched alkanes of at least 4 members (excludes halogenated alkanes) is 1. The average Bonchev–Trinajstić information content (AvgIpc) is 2.79. The van der Waals surface area contributed by atoms with Gasteiger partial charge < -0.3 is 10.6 Å². The zero-order valence-corrected chi connectivity index (χ0v) is 13.1. The first kappa shape index (κ1) is 18.0. The minimum atomic E-state index is -0.375. The molecule has 1 atom stereocenters. The zero-order chi connectivity index (χ0) is 16.5. The van der Waals surface area contributed by atoms with Crippen LogP contribution in [0.4, 0.5) is 0 Å². The standard InChI is InChI=1S/C15H23N3O4/c1-11(19)12(16-2)5-3-4-9-17-13(20)8-10-18-14(21)6-7-15(18)22/h6-7,12,16H,3-5,8-10H2,1-2H3,(H,17,20). The zero-order valence-electron chi connectivity index (χ0n) is 13.1. The lowest BCUT2D eigenvalue weighted by Gasteiger charge is -2.14. The van der Waals surface area contributed by atoms with Crippen LogP contribution in [0.5, 0.6) is 0 Å². The number of carbonyl (C=O) groups is 4. The molecule has 22 heavy (non-hydrogen) atoms. The van der Waals surface area contributed by atoms with Crippen LogP contribution in [0, 0.1) is 0 Å². The summed E-state index contributed by atoms with van der Waals surface area (Å²) in [6, 6.07) is -0.129. The Bertz CT molecular complexity index is 455. The average molecular weight is 309 g/mol. The van der Waals surface area contributed by atoms with Crippen molar-refractivity contribution in [3.8, 4) is 0 Å². The molecule has 0 aliphatic carbocycles. The fourth-order valence-corrected chi connectivity index (χ4v) is 2.21. The number of hydrogen-bond acceptors (Lipinski definition) is 5. The summed E-state index contributed by atoms with van der Waals surface area (Å²) in [6.07, 6.45) is 4.86. The summed E-state index contributed by atoms with van der Waals surface area (Å²) >= 11 is 0. The molecule has 1 aliphatic rings. The van der Waals surface area contributed by atoms with Gasteiger partial charge >= 0.3 is 0 Å². The van der Waals surface area contributed by atoms with Crippen LogP contribution in [0.25, 0.3) is 0 Å². The third-order valence-corrected chi connectivity index (χ3v) is 3.54. The van der Waals surface area contributed by atoms with Crippen molar-refractivity contribution in [2.75, 3.05) is 20.1 Å². The molecular weight excluding hydrogens is 286 g/mol. The molecule has 1 unspecified atom stereocenters. The van der Waals surface area contributed by atoms with Gasteiger partial charge in [-0.15, -0.1) is 0 Å². The highest BCUT2D eigenvalue weighted by Gasteiger charge is 2.23. The third-order valence-electron chi connectivity index (χ3n) is 3.54. The Morgan fingerprint density at radius 1 is 1.18 bits per heavy atom. The van der Waals surface area contributed by atoms with Gasteiger partial charge in [0.15, 0.2) is 0 Å². The highest BCUT2D eigenvalue weighted by atomic mass is 16.2. The minimum Gasteiger partial charge on any atom is -0.356 e. The number of nitrogens with one attached hydrogen (secondary N) is 2. The lowest BCUT2D eigenvalue weighted by atomic mass is 10.1. The predicted molar refractivity (Wildman–Crippen MR) is 80.9 cm³/mol. The molecule has 0 fully saturated rings. The van der Waals surface area contributed by atoms with E-state index < -0.39 is 0 Å². The molecule has 0 aromatic carbocycles. The van der Waals surface area contributed by atoms with E-state index in [-0.39, 0.29) is 42.5 Å². The van der Waals surface area contributed by atoms with Gasteiger partial charge in [0.05, 0.1) is 6.04 Å². The molecule has 1 aliphatic heterocycles. The maximum Gasteiger partial charge on any atom is 0.253 e. The van der Waals surface area contributed by atoms with E-state index in [2.05, 4.69) is 10.6 Å². The van der Waals surface area contributed by atoms with Crippen molar-refractivity contribution in [3.63, 3.8) is 0 Å². The first-order valence-electron chi connectivity index (χ1n) is 7.43. The van der Waals surface area contributed by atoms with Gasteiger partial charge in [0.1, 0.15) is 5.78 Å². The van der Waals surface area contributed by atoms with E-state index in [1.807, 2.05) is 0 Å². The van der Waals surface area contributed by atoms with Crippen molar-refractivity contribution < 1.29 is 19.2 Å². The summed E-state index contributed by atoms with van der Waals surface area (Å²) in [5.41, 5.74) is 0. The molecule has 0 bridgehead atoms. The Balaban J connectivity index is 2.10. The molecule has 122 valence electrons. The first-order chi connectivity index (χ1) is 10.5. The highest BCUT2D eigenvalue weighted by Crippen LogP contribution is 2.04. The number of ketones is 1. The topological polar surface area (TPSA) is 95.6 Å². The largest absolute Gasteiger partial charge is 0.356 e. The lowest BCUT2D eigenvalue weighted by molar-refractivity contribution is -0.137. The van der Waals surface area contributed by atoms with Gasteiger partial charge in [-0.05, 0) is 33.2 Å². The van der Waals surface area contributed by atoms with Crippen LogP contribution in [0.2, 0.25) is 0 Å². The molecule has 0 radical (unpaired) electrons. The van der Waals surface area contributed by atoms with E-state index >= 15 is 0 Å². The summed E-state index contributed by atoms with van der Waals surface area (Å²) in [5.74, 6) is -0.829. The van der Waals surface area contributed by atoms with Gasteiger partial charge in [0.2, 0.25) is 5.91 Å². The summed E-state index contributed by atoms with van der Waals surface area (Å²) in [5, 5.41) is 5.69. The second-order valence-corrected chi connectivity index (χ2v) is 5.21. The van der Waals surface area contributed by atoms with Gasteiger partial charge in [-0.2, -0.15) is 0 Å². The van der Waals surface area contributed by atoms with E-state index in [0.29, 0.717) is 6.54 Å². The highest BCUT2D eigenvalue weighted by molar-refractivity contribution is 6.13. The van der Waals surface area contributed by atoms with Crippen molar-refractivity contribution in [1.29, 1.82) is 0 Å². The molecule has 2 N–H and O–H groups in total. The molecule has 1 heterocycles. The Morgan fingerprint density at radius 3 is 2.36 bits per heavy atom. The first-order valence-corrected chi connectivity index (χ1v) is 7.43. The lowest BCUT2D eigenvalue weighted by Crippen LogP contribution is -2.35. The second-order valence-electron chi connectivity index (χ2n) is 5.21. The molecular formula is C15H23N3O4. The van der Waals surface area contributed by atoms with Gasteiger partial charge in [-0.3, -0.25) is 24.1 Å². The van der Waals surface area contributed by atoms with Crippen LogP contribution in [0.3, 0.4) is 0 Å². The molecule has 0 aromatic rings.